The van der Waals surface area contributed by atoms with E-state index in [1.54, 1.807) is 10.8 Å². The van der Waals surface area contributed by atoms with Gasteiger partial charge in [0.2, 0.25) is 5.95 Å². The Balaban J connectivity index is 1.31. The summed E-state index contributed by atoms with van der Waals surface area (Å²) in [5.41, 5.74) is 10.7. The molecule has 1 saturated heterocycles. The third-order valence-corrected chi connectivity index (χ3v) is 6.21. The molecule has 194 valence electrons. The molecule has 1 fully saturated rings. The van der Waals surface area contributed by atoms with Crippen molar-refractivity contribution in [1.29, 1.82) is 0 Å². The first-order valence-corrected chi connectivity index (χ1v) is 12.0. The Hall–Kier alpha value is -4.65. The average Bonchev–Trinajstić information content (AvgIpc) is 3.60. The van der Waals surface area contributed by atoms with Crippen LogP contribution in [0.15, 0.2) is 61.3 Å². The molecular formula is C25H24F2N10O. The Bertz CT molecular complexity index is 1560. The van der Waals surface area contributed by atoms with Gasteiger partial charge in [-0.05, 0) is 23.8 Å². The zero-order chi connectivity index (χ0) is 26.1. The summed E-state index contributed by atoms with van der Waals surface area (Å²) in [6.45, 7) is 0.101. The Morgan fingerprint density at radius 2 is 1.92 bits per heavy atom. The lowest BCUT2D eigenvalue weighted by atomic mass is 10.1. The van der Waals surface area contributed by atoms with Crippen molar-refractivity contribution in [2.45, 2.75) is 13.1 Å². The lowest BCUT2D eigenvalue weighted by Gasteiger charge is -2.27. The van der Waals surface area contributed by atoms with E-state index in [-0.39, 0.29) is 0 Å². The number of nitrogens with two attached hydrogens (primary N) is 1. The molecule has 6 rings (SSSR count). The maximum absolute atomic E-state index is 13.1. The first-order chi connectivity index (χ1) is 18.5. The van der Waals surface area contributed by atoms with Crippen molar-refractivity contribution in [3.63, 3.8) is 0 Å². The Labute approximate surface area is 215 Å². The van der Waals surface area contributed by atoms with Gasteiger partial charge in [0.25, 0.3) is 0 Å². The summed E-state index contributed by atoms with van der Waals surface area (Å²) in [4.78, 5) is 20.6. The van der Waals surface area contributed by atoms with Crippen LogP contribution in [0.2, 0.25) is 0 Å². The van der Waals surface area contributed by atoms with Gasteiger partial charge in [0.1, 0.15) is 6.33 Å². The minimum absolute atomic E-state index is 0.423. The fraction of sp³-hybridized carbons (Fsp3) is 0.240. The molecular weight excluding hydrogens is 494 g/mol. The van der Waals surface area contributed by atoms with Gasteiger partial charge in [-0.1, -0.05) is 18.2 Å². The number of rotatable bonds is 7. The highest BCUT2D eigenvalue weighted by Crippen LogP contribution is 2.27. The highest BCUT2D eigenvalue weighted by Gasteiger charge is 2.21. The van der Waals surface area contributed by atoms with Crippen molar-refractivity contribution in [3.05, 3.63) is 66.9 Å². The molecule has 0 spiro atoms. The van der Waals surface area contributed by atoms with Crippen LogP contribution in [-0.2, 0) is 11.3 Å². The van der Waals surface area contributed by atoms with Crippen LogP contribution in [0.4, 0.5) is 26.2 Å². The fourth-order valence-electron chi connectivity index (χ4n) is 4.25. The number of nitrogens with one attached hydrogen (secondary N) is 1. The van der Waals surface area contributed by atoms with Gasteiger partial charge >= 0.3 is 6.55 Å². The first-order valence-electron chi connectivity index (χ1n) is 12.0. The normalized spacial score (nSPS) is 13.9. The van der Waals surface area contributed by atoms with Crippen molar-refractivity contribution in [3.8, 4) is 16.9 Å². The Morgan fingerprint density at radius 1 is 1.05 bits per heavy atom. The molecule has 0 aliphatic carbocycles. The number of ether oxygens (including phenoxy) is 1. The van der Waals surface area contributed by atoms with E-state index >= 15 is 0 Å². The summed E-state index contributed by atoms with van der Waals surface area (Å²) in [7, 11) is 0. The number of pyridine rings is 1. The second-order valence-corrected chi connectivity index (χ2v) is 8.75. The number of benzene rings is 1. The van der Waals surface area contributed by atoms with Crippen molar-refractivity contribution < 1.29 is 13.5 Å². The van der Waals surface area contributed by atoms with Gasteiger partial charge in [-0.15, -0.1) is 0 Å². The topological polar surface area (TPSA) is 125 Å². The van der Waals surface area contributed by atoms with Gasteiger partial charge in [-0.2, -0.15) is 23.8 Å². The van der Waals surface area contributed by atoms with E-state index in [2.05, 4.69) is 20.4 Å². The number of hydrogen-bond donors (Lipinski definition) is 2. The lowest BCUT2D eigenvalue weighted by molar-refractivity contribution is 0.0566. The summed E-state index contributed by atoms with van der Waals surface area (Å²) < 4.78 is 33.9. The van der Waals surface area contributed by atoms with E-state index < -0.39 is 6.55 Å². The first kappa shape index (κ1) is 23.7. The smallest absolute Gasteiger partial charge is 0.333 e. The molecule has 0 amide bonds. The second kappa shape index (κ2) is 10.0. The molecule has 3 N–H and O–H groups in total. The third-order valence-electron chi connectivity index (χ3n) is 6.21. The fourth-order valence-corrected chi connectivity index (χ4v) is 4.25. The predicted octanol–water partition coefficient (Wildman–Crippen LogP) is 3.50. The molecule has 13 heteroatoms. The van der Waals surface area contributed by atoms with Crippen LogP contribution in [0, 0.1) is 0 Å². The average molecular weight is 519 g/mol. The zero-order valence-corrected chi connectivity index (χ0v) is 20.2. The quantitative estimate of drug-likeness (QED) is 0.312. The highest BCUT2D eigenvalue weighted by atomic mass is 19.3. The number of nitrogen functional groups attached to an aromatic ring is 1. The van der Waals surface area contributed by atoms with Crippen molar-refractivity contribution in [1.82, 2.24) is 34.3 Å². The molecule has 0 atom stereocenters. The monoisotopic (exact) mass is 518 g/mol. The van der Waals surface area contributed by atoms with Crippen LogP contribution >= 0.6 is 0 Å². The van der Waals surface area contributed by atoms with Gasteiger partial charge in [-0.25, -0.2) is 9.67 Å². The minimum Gasteiger partial charge on any atom is -0.399 e. The maximum atomic E-state index is 13.1. The molecule has 1 aliphatic rings. The number of fused-ring (bicyclic) bond motifs is 1. The van der Waals surface area contributed by atoms with Gasteiger partial charge in [0, 0.05) is 37.1 Å². The molecule has 38 heavy (non-hydrogen) atoms. The van der Waals surface area contributed by atoms with E-state index in [9.17, 15) is 8.78 Å². The SMILES string of the molecule is Nc1cccc(-c2ccc(CNc3nc(N4CCOCC4)nc4c3ncn4-c3cnn(C(F)F)c3)cn2)c1. The number of anilines is 3. The molecule has 0 saturated carbocycles. The van der Waals surface area contributed by atoms with E-state index in [1.165, 1.54) is 18.7 Å². The molecule has 0 radical (unpaired) electrons. The van der Waals surface area contributed by atoms with Gasteiger partial charge < -0.3 is 20.7 Å². The number of nitrogens with zero attached hydrogens (tertiary/aromatic N) is 8. The number of hydrogen-bond acceptors (Lipinski definition) is 9. The van der Waals surface area contributed by atoms with E-state index in [4.69, 9.17) is 20.4 Å². The molecule has 0 unspecified atom stereocenters. The van der Waals surface area contributed by atoms with Crippen LogP contribution in [0.25, 0.3) is 28.1 Å². The van der Waals surface area contributed by atoms with Gasteiger partial charge in [0.15, 0.2) is 17.0 Å². The summed E-state index contributed by atoms with van der Waals surface area (Å²) in [5, 5.41) is 7.10. The summed E-state index contributed by atoms with van der Waals surface area (Å²) in [5.74, 6) is 1.03. The van der Waals surface area contributed by atoms with E-state index in [0.29, 0.717) is 71.8 Å². The molecule has 1 aromatic carbocycles. The van der Waals surface area contributed by atoms with Crippen molar-refractivity contribution in [2.24, 2.45) is 0 Å². The van der Waals surface area contributed by atoms with Gasteiger partial charge in [0.05, 0.1) is 37.0 Å². The summed E-state index contributed by atoms with van der Waals surface area (Å²) in [6, 6.07) is 11.5. The molecule has 0 bridgehead atoms. The van der Waals surface area contributed by atoms with E-state index in [1.807, 2.05) is 41.3 Å². The van der Waals surface area contributed by atoms with Gasteiger partial charge in [-0.3, -0.25) is 9.55 Å². The molecule has 1 aliphatic heterocycles. The van der Waals surface area contributed by atoms with Crippen molar-refractivity contribution >= 4 is 28.6 Å². The van der Waals surface area contributed by atoms with E-state index in [0.717, 1.165) is 16.8 Å². The summed E-state index contributed by atoms with van der Waals surface area (Å²) >= 11 is 0. The number of alkyl halides is 2. The Morgan fingerprint density at radius 3 is 2.66 bits per heavy atom. The van der Waals surface area contributed by atoms with Crippen LogP contribution in [0.3, 0.4) is 0 Å². The number of halogens is 2. The largest absolute Gasteiger partial charge is 0.399 e. The summed E-state index contributed by atoms with van der Waals surface area (Å²) in [6.07, 6.45) is 5.93. The number of imidazole rings is 1. The molecule has 5 heterocycles. The number of morpholine rings is 1. The van der Waals surface area contributed by atoms with Crippen LogP contribution in [0.5, 0.6) is 0 Å². The maximum Gasteiger partial charge on any atom is 0.333 e. The van der Waals surface area contributed by atoms with Crippen LogP contribution < -0.4 is 16.0 Å². The predicted molar refractivity (Wildman–Crippen MR) is 138 cm³/mol. The minimum atomic E-state index is -2.74. The molecule has 5 aromatic rings. The number of aromatic nitrogens is 7. The zero-order valence-electron chi connectivity index (χ0n) is 20.2. The second-order valence-electron chi connectivity index (χ2n) is 8.75. The highest BCUT2D eigenvalue weighted by molar-refractivity contribution is 5.85. The van der Waals surface area contributed by atoms with Crippen LogP contribution in [0.1, 0.15) is 12.1 Å². The molecule has 11 nitrogen and oxygen atoms in total. The Kier molecular flexibility index (Phi) is 6.25. The van der Waals surface area contributed by atoms with Crippen LogP contribution in [-0.4, -0.2) is 60.6 Å². The standard InChI is InChI=1S/C25H24F2N10O/c26-24(27)37-14-19(13-32-37)36-15-31-21-22(33-25(34-23(21)36)35-6-8-38-9-7-35)30-12-16-4-5-20(29-11-16)17-2-1-3-18(28)10-17/h1-5,10-11,13-15,24H,6-9,12,28H2,(H,30,33,34). The van der Waals surface area contributed by atoms with Crippen molar-refractivity contribution in [2.75, 3.05) is 42.3 Å². The molecule has 4 aromatic heterocycles. The third kappa shape index (κ3) is 4.70. The lowest BCUT2D eigenvalue weighted by Crippen LogP contribution is -2.37.